The Kier molecular flexibility index (Phi) is 11.3. The van der Waals surface area contributed by atoms with Gasteiger partial charge >= 0.3 is 5.97 Å². The van der Waals surface area contributed by atoms with Gasteiger partial charge in [0.1, 0.15) is 11.8 Å². The van der Waals surface area contributed by atoms with Crippen LogP contribution in [0.4, 0.5) is 0 Å². The zero-order chi connectivity index (χ0) is 30.3. The number of nitrogens with one attached hydrogen (secondary N) is 1. The number of aliphatic hydroxyl groups excluding tert-OH is 1. The molecule has 0 aliphatic heterocycles. The number of hydrogen-bond donors (Lipinski definition) is 4. The molecule has 0 saturated carbocycles. The van der Waals surface area contributed by atoms with Crippen LogP contribution in [-0.2, 0) is 26.2 Å². The summed E-state index contributed by atoms with van der Waals surface area (Å²) in [6.07, 6.45) is 2.47. The second-order valence-electron chi connectivity index (χ2n) is 11.7. The van der Waals surface area contributed by atoms with Crippen LogP contribution in [0.1, 0.15) is 88.1 Å². The van der Waals surface area contributed by atoms with Gasteiger partial charge in [-0.25, -0.2) is 4.79 Å². The summed E-state index contributed by atoms with van der Waals surface area (Å²) in [5, 5.41) is 21.9. The predicted molar refractivity (Wildman–Crippen MR) is 156 cm³/mol. The first-order valence-corrected chi connectivity index (χ1v) is 14.0. The summed E-state index contributed by atoms with van der Waals surface area (Å²) in [5.74, 6) is -2.29. The normalized spacial score (nSPS) is 13.4. The number of carboxylic acids is 1. The number of rotatable bonds is 14. The van der Waals surface area contributed by atoms with Gasteiger partial charge in [0.25, 0.3) is 5.91 Å². The molecule has 0 unspecified atom stereocenters. The fourth-order valence-corrected chi connectivity index (χ4v) is 5.12. The van der Waals surface area contributed by atoms with E-state index in [0.717, 1.165) is 36.8 Å². The van der Waals surface area contributed by atoms with Crippen LogP contribution >= 0.6 is 0 Å². The third-order valence-electron chi connectivity index (χ3n) is 7.91. The molecule has 8 nitrogen and oxygen atoms in total. The van der Waals surface area contributed by atoms with E-state index >= 15 is 0 Å². The quantitative estimate of drug-likeness (QED) is 0.270. The average molecular weight is 555 g/mol. The van der Waals surface area contributed by atoms with Gasteiger partial charge in [0, 0.05) is 5.41 Å². The van der Waals surface area contributed by atoms with Crippen molar-refractivity contribution >= 4 is 17.8 Å². The molecular weight excluding hydrogens is 508 g/mol. The molecule has 2 aromatic carbocycles. The molecule has 2 amide bonds. The van der Waals surface area contributed by atoms with E-state index in [2.05, 4.69) is 71.1 Å². The maximum absolute atomic E-state index is 12.3. The van der Waals surface area contributed by atoms with E-state index in [1.807, 2.05) is 19.1 Å². The van der Waals surface area contributed by atoms with Gasteiger partial charge in [-0.1, -0.05) is 65.0 Å². The second kappa shape index (κ2) is 13.8. The lowest BCUT2D eigenvalue weighted by molar-refractivity contribution is -0.143. The first-order valence-electron chi connectivity index (χ1n) is 14.0. The van der Waals surface area contributed by atoms with E-state index < -0.39 is 30.2 Å². The number of carbonyl (C=O) groups is 3. The Labute approximate surface area is 238 Å². The van der Waals surface area contributed by atoms with Crippen LogP contribution in [0.3, 0.4) is 0 Å². The summed E-state index contributed by atoms with van der Waals surface area (Å²) in [6, 6.07) is 11.2. The van der Waals surface area contributed by atoms with E-state index in [-0.39, 0.29) is 23.5 Å². The molecule has 0 saturated heterocycles. The van der Waals surface area contributed by atoms with Crippen molar-refractivity contribution in [3.05, 3.63) is 64.2 Å². The zero-order valence-electron chi connectivity index (χ0n) is 25.0. The van der Waals surface area contributed by atoms with Gasteiger partial charge in [-0.15, -0.1) is 0 Å². The maximum atomic E-state index is 12.3. The average Bonchev–Trinajstić information content (AvgIpc) is 2.87. The molecule has 2 aromatic rings. The first kappa shape index (κ1) is 32.8. The van der Waals surface area contributed by atoms with Crippen molar-refractivity contribution in [3.8, 4) is 5.75 Å². The first-order chi connectivity index (χ1) is 18.6. The molecule has 5 N–H and O–H groups in total. The predicted octanol–water partition coefficient (Wildman–Crippen LogP) is 4.57. The SMILES string of the molecule is CCC(CC)(c1ccc(CC[C@H](O)C(C)(C)C)c(C)c1)c1ccc(OCC(=O)N[C@H](CC(N)=O)C(=O)O)c(C)c1. The van der Waals surface area contributed by atoms with E-state index in [1.54, 1.807) is 0 Å². The highest BCUT2D eigenvalue weighted by atomic mass is 16.5. The summed E-state index contributed by atoms with van der Waals surface area (Å²) < 4.78 is 5.69. The van der Waals surface area contributed by atoms with Crippen molar-refractivity contribution in [3.63, 3.8) is 0 Å². The van der Waals surface area contributed by atoms with E-state index in [4.69, 9.17) is 10.5 Å². The minimum absolute atomic E-state index is 0.142. The number of amides is 2. The van der Waals surface area contributed by atoms with Gasteiger partial charge in [0.15, 0.2) is 6.61 Å². The van der Waals surface area contributed by atoms with E-state index in [9.17, 15) is 24.6 Å². The Balaban J connectivity index is 2.22. The van der Waals surface area contributed by atoms with E-state index in [0.29, 0.717) is 5.75 Å². The van der Waals surface area contributed by atoms with Crippen LogP contribution in [0.15, 0.2) is 36.4 Å². The Hall–Kier alpha value is -3.39. The highest BCUT2D eigenvalue weighted by Gasteiger charge is 2.32. The monoisotopic (exact) mass is 554 g/mol. The van der Waals surface area contributed by atoms with Crippen LogP contribution in [0.2, 0.25) is 0 Å². The molecule has 220 valence electrons. The van der Waals surface area contributed by atoms with Gasteiger partial charge in [0.05, 0.1) is 12.5 Å². The molecule has 0 radical (unpaired) electrons. The Morgan fingerprint density at radius 1 is 0.975 bits per heavy atom. The molecular formula is C32H46N2O6. The number of aliphatic carboxylic acids is 1. The molecule has 8 heteroatoms. The third kappa shape index (κ3) is 8.31. The summed E-state index contributed by atoms with van der Waals surface area (Å²) in [6.45, 7) is 14.2. The van der Waals surface area contributed by atoms with Crippen molar-refractivity contribution in [2.45, 2.75) is 98.1 Å². The van der Waals surface area contributed by atoms with Crippen molar-refractivity contribution in [1.82, 2.24) is 5.32 Å². The van der Waals surface area contributed by atoms with Crippen LogP contribution in [0.25, 0.3) is 0 Å². The lowest BCUT2D eigenvalue weighted by Gasteiger charge is -2.34. The van der Waals surface area contributed by atoms with Gasteiger partial charge in [-0.3, -0.25) is 9.59 Å². The number of carboxylic acid groups (broad SMARTS) is 1. The second-order valence-corrected chi connectivity index (χ2v) is 11.7. The summed E-state index contributed by atoms with van der Waals surface area (Å²) in [4.78, 5) is 34.6. The Morgan fingerprint density at radius 2 is 1.55 bits per heavy atom. The Morgan fingerprint density at radius 3 is 2.02 bits per heavy atom. The highest BCUT2D eigenvalue weighted by molar-refractivity contribution is 5.88. The van der Waals surface area contributed by atoms with Crippen LogP contribution in [-0.4, -0.2) is 46.7 Å². The fourth-order valence-electron chi connectivity index (χ4n) is 5.12. The number of ether oxygens (including phenoxy) is 1. The number of benzene rings is 2. The molecule has 40 heavy (non-hydrogen) atoms. The minimum atomic E-state index is -1.40. The van der Waals surface area contributed by atoms with Crippen LogP contribution < -0.4 is 15.8 Å². The third-order valence-corrected chi connectivity index (χ3v) is 7.91. The molecule has 0 fully saturated rings. The molecule has 0 aliphatic carbocycles. The summed E-state index contributed by atoms with van der Waals surface area (Å²) in [7, 11) is 0. The molecule has 0 heterocycles. The van der Waals surface area contributed by atoms with Crippen molar-refractivity contribution in [2.75, 3.05) is 6.61 Å². The van der Waals surface area contributed by atoms with Crippen molar-refractivity contribution in [1.29, 1.82) is 0 Å². The number of nitrogens with two attached hydrogens (primary N) is 1. The van der Waals surface area contributed by atoms with Crippen LogP contribution in [0, 0.1) is 19.3 Å². The molecule has 2 rings (SSSR count). The smallest absolute Gasteiger partial charge is 0.326 e. The lowest BCUT2D eigenvalue weighted by Crippen LogP contribution is -2.45. The van der Waals surface area contributed by atoms with Gasteiger partial charge < -0.3 is 26.0 Å². The zero-order valence-corrected chi connectivity index (χ0v) is 25.0. The van der Waals surface area contributed by atoms with E-state index in [1.165, 1.54) is 16.7 Å². The summed E-state index contributed by atoms with van der Waals surface area (Å²) >= 11 is 0. The number of hydrogen-bond acceptors (Lipinski definition) is 5. The fraction of sp³-hybridized carbons (Fsp3) is 0.531. The standard InChI is InChI=1S/C32H46N2O6/c1-8-32(9-2,23-12-10-22(20(3)16-23)11-15-27(35)31(5,6)7)24-13-14-26(21(4)17-24)40-19-29(37)34-25(30(38)39)18-28(33)36/h10,12-14,16-17,25,27,35H,8-9,11,15,18-19H2,1-7H3,(H2,33,36)(H,34,37)(H,38,39)/t25-,27+/m1/s1. The van der Waals surface area contributed by atoms with Gasteiger partial charge in [0.2, 0.25) is 5.91 Å². The minimum Gasteiger partial charge on any atom is -0.484 e. The number of carbonyl (C=O) groups excluding carboxylic acids is 2. The molecule has 0 bridgehead atoms. The molecule has 0 aliphatic rings. The largest absolute Gasteiger partial charge is 0.484 e. The highest BCUT2D eigenvalue weighted by Crippen LogP contribution is 2.41. The summed E-state index contributed by atoms with van der Waals surface area (Å²) in [5.41, 5.74) is 10.4. The molecule has 0 spiro atoms. The van der Waals surface area contributed by atoms with Crippen LogP contribution in [0.5, 0.6) is 5.75 Å². The number of aryl methyl sites for hydroxylation is 3. The van der Waals surface area contributed by atoms with Gasteiger partial charge in [-0.05, 0) is 78.8 Å². The van der Waals surface area contributed by atoms with Crippen molar-refractivity contribution in [2.24, 2.45) is 11.1 Å². The van der Waals surface area contributed by atoms with Crippen molar-refractivity contribution < 1.29 is 29.3 Å². The number of primary amides is 1. The number of aliphatic hydroxyl groups is 1. The lowest BCUT2D eigenvalue weighted by atomic mass is 9.69. The molecule has 0 aromatic heterocycles. The Bertz CT molecular complexity index is 1200. The van der Waals surface area contributed by atoms with Gasteiger partial charge in [-0.2, -0.15) is 0 Å². The maximum Gasteiger partial charge on any atom is 0.326 e. The topological polar surface area (TPSA) is 139 Å². The molecule has 2 atom stereocenters.